The third-order valence-electron chi connectivity index (χ3n) is 5.22. The van der Waals surface area contributed by atoms with Crippen molar-refractivity contribution in [3.63, 3.8) is 0 Å². The van der Waals surface area contributed by atoms with Crippen LogP contribution in [0.15, 0.2) is 46.3 Å². The number of hydrogen-bond acceptors (Lipinski definition) is 7. The number of nitrogens with zero attached hydrogens (tertiary/aromatic N) is 2. The highest BCUT2D eigenvalue weighted by molar-refractivity contribution is 7.91. The van der Waals surface area contributed by atoms with Gasteiger partial charge in [-0.05, 0) is 24.1 Å². The summed E-state index contributed by atoms with van der Waals surface area (Å²) in [5.74, 6) is 0.0836. The summed E-state index contributed by atoms with van der Waals surface area (Å²) in [5.41, 5.74) is 2.17. The van der Waals surface area contributed by atoms with Gasteiger partial charge < -0.3 is 20.6 Å². The van der Waals surface area contributed by atoms with E-state index in [0.29, 0.717) is 13.0 Å². The van der Waals surface area contributed by atoms with E-state index in [-0.39, 0.29) is 45.4 Å². The largest absolute Gasteiger partial charge is 0.505 e. The molecule has 0 saturated heterocycles. The molecule has 0 radical (unpaired) electrons. The van der Waals surface area contributed by atoms with Crippen molar-refractivity contribution in [1.29, 1.82) is 0 Å². The molecule has 0 spiro atoms. The van der Waals surface area contributed by atoms with Gasteiger partial charge >= 0.3 is 0 Å². The Bertz CT molecular complexity index is 1110. The molecule has 0 aliphatic carbocycles. The summed E-state index contributed by atoms with van der Waals surface area (Å²) in [4.78, 5) is 18.3. The molecule has 33 heavy (non-hydrogen) atoms. The number of carbonyl (C=O) groups is 1. The number of amides is 1. The smallest absolute Gasteiger partial charge is 0.223 e. The molecule has 178 valence electrons. The van der Waals surface area contributed by atoms with Crippen LogP contribution in [0.5, 0.6) is 5.75 Å². The number of amidine groups is 1. The number of nitrogens with one attached hydrogen (secondary N) is 2. The monoisotopic (exact) mass is 512 g/mol. The van der Waals surface area contributed by atoms with Crippen molar-refractivity contribution in [2.24, 2.45) is 4.99 Å². The molecule has 0 atom stereocenters. The summed E-state index contributed by atoms with van der Waals surface area (Å²) in [6, 6.07) is 10.4. The number of aromatic hydroxyl groups is 1. The maximum atomic E-state index is 12.4. The van der Waals surface area contributed by atoms with Gasteiger partial charge in [0.15, 0.2) is 15.6 Å². The Balaban J connectivity index is 1.41. The normalized spacial score (nSPS) is 13.5. The van der Waals surface area contributed by atoms with Gasteiger partial charge in [-0.15, -0.1) is 0 Å². The van der Waals surface area contributed by atoms with Gasteiger partial charge in [0, 0.05) is 38.7 Å². The van der Waals surface area contributed by atoms with Crippen LogP contribution in [0.1, 0.15) is 17.5 Å². The summed E-state index contributed by atoms with van der Waals surface area (Å²) in [7, 11) is -2.00. The summed E-state index contributed by atoms with van der Waals surface area (Å²) < 4.78 is 24.9. The number of sulfone groups is 1. The fourth-order valence-electron chi connectivity index (χ4n) is 3.24. The van der Waals surface area contributed by atoms with Crippen molar-refractivity contribution in [2.45, 2.75) is 17.7 Å². The SMILES string of the molecule is CN(CCc1ccc(C2=NCCN2)cc1)C(=O)CCNCS(=O)(=O)c1cc(Cl)c(O)c(Cl)c1. The Kier molecular flexibility index (Phi) is 8.58. The number of carbonyl (C=O) groups excluding carboxylic acids is 1. The molecule has 11 heteroatoms. The highest BCUT2D eigenvalue weighted by atomic mass is 35.5. The van der Waals surface area contributed by atoms with Gasteiger partial charge in [-0.25, -0.2) is 8.42 Å². The van der Waals surface area contributed by atoms with E-state index >= 15 is 0 Å². The zero-order valence-corrected chi connectivity index (χ0v) is 20.5. The predicted molar refractivity (Wildman–Crippen MR) is 130 cm³/mol. The number of benzene rings is 2. The van der Waals surface area contributed by atoms with Crippen molar-refractivity contribution in [1.82, 2.24) is 15.5 Å². The summed E-state index contributed by atoms with van der Waals surface area (Å²) in [5, 5.41) is 15.3. The molecule has 3 N–H and O–H groups in total. The second-order valence-electron chi connectivity index (χ2n) is 7.66. The van der Waals surface area contributed by atoms with E-state index in [0.717, 1.165) is 42.2 Å². The lowest BCUT2D eigenvalue weighted by Crippen LogP contribution is -2.32. The molecule has 1 heterocycles. The molecular weight excluding hydrogens is 487 g/mol. The van der Waals surface area contributed by atoms with Gasteiger partial charge in [-0.3, -0.25) is 9.79 Å². The van der Waals surface area contributed by atoms with Crippen LogP contribution in [0, 0.1) is 0 Å². The molecule has 0 bridgehead atoms. The summed E-state index contributed by atoms with van der Waals surface area (Å²) in [6.07, 6.45) is 0.875. The van der Waals surface area contributed by atoms with Gasteiger partial charge in [-0.1, -0.05) is 47.5 Å². The maximum absolute atomic E-state index is 12.4. The van der Waals surface area contributed by atoms with Crippen molar-refractivity contribution in [2.75, 3.05) is 39.1 Å². The second kappa shape index (κ2) is 11.2. The molecule has 2 aromatic carbocycles. The third kappa shape index (κ3) is 6.83. The first-order valence-corrected chi connectivity index (χ1v) is 12.8. The van der Waals surface area contributed by atoms with E-state index in [4.69, 9.17) is 23.2 Å². The van der Waals surface area contributed by atoms with E-state index in [2.05, 4.69) is 15.6 Å². The van der Waals surface area contributed by atoms with Crippen LogP contribution < -0.4 is 10.6 Å². The minimum Gasteiger partial charge on any atom is -0.505 e. The van der Waals surface area contributed by atoms with Crippen LogP contribution >= 0.6 is 23.2 Å². The minimum absolute atomic E-state index is 0.0863. The van der Waals surface area contributed by atoms with Crippen LogP contribution in [0.25, 0.3) is 0 Å². The lowest BCUT2D eigenvalue weighted by atomic mass is 10.1. The van der Waals surface area contributed by atoms with E-state index in [9.17, 15) is 18.3 Å². The average Bonchev–Trinajstić information content (AvgIpc) is 3.33. The predicted octanol–water partition coefficient (Wildman–Crippen LogP) is 2.46. The zero-order chi connectivity index (χ0) is 24.0. The van der Waals surface area contributed by atoms with Crippen LogP contribution in [-0.4, -0.2) is 69.3 Å². The van der Waals surface area contributed by atoms with Gasteiger partial charge in [-0.2, -0.15) is 0 Å². The Morgan fingerprint density at radius 1 is 1.21 bits per heavy atom. The first kappa shape index (κ1) is 25.3. The van der Waals surface area contributed by atoms with Crippen LogP contribution in [0.3, 0.4) is 0 Å². The Morgan fingerprint density at radius 3 is 2.48 bits per heavy atom. The van der Waals surface area contributed by atoms with E-state index < -0.39 is 9.84 Å². The number of likely N-dealkylation sites (N-methyl/N-ethyl adjacent to an activating group) is 1. The molecule has 0 fully saturated rings. The highest BCUT2D eigenvalue weighted by Crippen LogP contribution is 2.34. The van der Waals surface area contributed by atoms with Crippen LogP contribution in [0.2, 0.25) is 10.0 Å². The number of phenols is 1. The first-order chi connectivity index (χ1) is 15.7. The summed E-state index contributed by atoms with van der Waals surface area (Å²) in [6.45, 7) is 2.42. The molecule has 0 unspecified atom stereocenters. The number of aliphatic imine (C=N–C) groups is 1. The average molecular weight is 513 g/mol. The van der Waals surface area contributed by atoms with Crippen molar-refractivity contribution in [3.8, 4) is 5.75 Å². The van der Waals surface area contributed by atoms with Crippen LogP contribution in [0.4, 0.5) is 0 Å². The molecule has 0 saturated carbocycles. The Morgan fingerprint density at radius 2 is 1.88 bits per heavy atom. The highest BCUT2D eigenvalue weighted by Gasteiger charge is 2.18. The standard InChI is InChI=1S/C22H26Cl2N4O4S/c1-28(11-7-15-2-4-16(5-3-15)22-26-9-10-27-22)20(29)6-8-25-14-33(31,32)17-12-18(23)21(30)19(24)13-17/h2-5,12-13,25,30H,6-11,14H2,1H3,(H,26,27). The molecular formula is C22H26Cl2N4O4S. The lowest BCUT2D eigenvalue weighted by Gasteiger charge is -2.17. The molecule has 0 aromatic heterocycles. The van der Waals surface area contributed by atoms with Crippen LogP contribution in [-0.2, 0) is 21.1 Å². The lowest BCUT2D eigenvalue weighted by molar-refractivity contribution is -0.129. The molecule has 8 nitrogen and oxygen atoms in total. The van der Waals surface area contributed by atoms with Gasteiger partial charge in [0.1, 0.15) is 11.7 Å². The van der Waals surface area contributed by atoms with E-state index in [1.165, 1.54) is 0 Å². The molecule has 1 amide bonds. The van der Waals surface area contributed by atoms with Crippen molar-refractivity contribution >= 4 is 44.8 Å². The third-order valence-corrected chi connectivity index (χ3v) is 7.33. The number of phenolic OH excluding ortho intramolecular Hbond substituents is 1. The molecule has 3 rings (SSSR count). The minimum atomic E-state index is -3.73. The maximum Gasteiger partial charge on any atom is 0.223 e. The first-order valence-electron chi connectivity index (χ1n) is 10.4. The number of halogens is 2. The van der Waals surface area contributed by atoms with Gasteiger partial charge in [0.2, 0.25) is 5.91 Å². The van der Waals surface area contributed by atoms with E-state index in [1.807, 2.05) is 24.3 Å². The molecule has 1 aliphatic heterocycles. The quantitative estimate of drug-likeness (QED) is 0.421. The molecule has 1 aliphatic rings. The van der Waals surface area contributed by atoms with Crippen molar-refractivity contribution < 1.29 is 18.3 Å². The fourth-order valence-corrected chi connectivity index (χ4v) is 5.03. The fraction of sp³-hybridized carbons (Fsp3) is 0.364. The number of hydrogen-bond donors (Lipinski definition) is 3. The van der Waals surface area contributed by atoms with Gasteiger partial charge in [0.05, 0.1) is 21.5 Å². The number of rotatable bonds is 10. The second-order valence-corrected chi connectivity index (χ2v) is 10.5. The topological polar surface area (TPSA) is 111 Å². The Labute approximate surface area is 203 Å². The zero-order valence-electron chi connectivity index (χ0n) is 18.1. The van der Waals surface area contributed by atoms with E-state index in [1.54, 1.807) is 11.9 Å². The van der Waals surface area contributed by atoms with Crippen molar-refractivity contribution in [3.05, 3.63) is 57.6 Å². The molecule has 2 aromatic rings. The summed E-state index contributed by atoms with van der Waals surface area (Å²) >= 11 is 11.6. The Hall–Kier alpha value is -2.33. The van der Waals surface area contributed by atoms with Gasteiger partial charge in [0.25, 0.3) is 0 Å².